The minimum Gasteiger partial charge on any atom is -0.489 e. The van der Waals surface area contributed by atoms with Gasteiger partial charge in [-0.25, -0.2) is 0 Å². The Kier molecular flexibility index (Phi) is 18.4. The maximum atomic E-state index is 6.73. The molecule has 0 saturated heterocycles. The second kappa shape index (κ2) is 25.4. The van der Waals surface area contributed by atoms with Crippen LogP contribution in [0.1, 0.15) is 55.6 Å². The normalized spacial score (nSPS) is 13.9. The third-order valence-corrected chi connectivity index (χ3v) is 17.1. The number of rotatable bonds is 0. The van der Waals surface area contributed by atoms with Crippen molar-refractivity contribution >= 4 is 47.0 Å². The van der Waals surface area contributed by atoms with Crippen LogP contribution in [0, 0.1) is 12.1 Å². The number of hydrogen-bond donors (Lipinski definition) is 0. The Morgan fingerprint density at radius 2 is 0.542 bits per heavy atom. The predicted molar refractivity (Wildman–Crippen MR) is 300 cm³/mol. The van der Waals surface area contributed by atoms with Gasteiger partial charge in [-0.3, -0.25) is 0 Å². The Balaban J connectivity index is 0.00000320. The zero-order chi connectivity index (χ0) is 46.9. The quantitative estimate of drug-likeness (QED) is 0.111. The zero-order valence-corrected chi connectivity index (χ0v) is 44.3. The molecule has 72 heavy (non-hydrogen) atoms. The fraction of sp³-hybridized carbons (Fsp3) is 0.156. The summed E-state index contributed by atoms with van der Waals surface area (Å²) >= 11 is 7.77. The standard InChI is InChI=1S/C64H52O2S4.2Li/c1-2-6-62-36-66-64-31-51-28-52(32-64)44-70-40-48-17-25-56(26-18-48)60-10-4-8-58(34-60)54-21-13-46(14-22-54)38-68-42-50-27-49(29-63(30-50)65-35-61(62)5-1)41-67-37-45-11-19-53(20-12-45)57-7-3-9-59(33-57)55-23-15-47(16-24-55)39-69-43-51;;/h1-32H,35-44H2;;/q-2;2*+1. The van der Waals surface area contributed by atoms with E-state index in [1.807, 2.05) is 47.0 Å². The molecule has 15 rings (SSSR count). The predicted octanol–water partition coefficient (Wildman–Crippen LogP) is 11.5. The fourth-order valence-electron chi connectivity index (χ4n) is 9.00. The topological polar surface area (TPSA) is 18.5 Å². The van der Waals surface area contributed by atoms with Gasteiger partial charge in [0.25, 0.3) is 0 Å². The molecule has 6 aliphatic rings. The van der Waals surface area contributed by atoms with Crippen LogP contribution in [0.25, 0.3) is 44.5 Å². The smallest absolute Gasteiger partial charge is 0.489 e. The number of fused-ring (bicyclic) bond motifs is 4. The van der Waals surface area contributed by atoms with Crippen LogP contribution in [0.3, 0.4) is 0 Å². The molecular weight excluding hydrogens is 943 g/mol. The van der Waals surface area contributed by atoms with Crippen LogP contribution in [0.4, 0.5) is 0 Å². The molecule has 6 heterocycles. The second-order valence-electron chi connectivity index (χ2n) is 18.0. The van der Waals surface area contributed by atoms with E-state index in [4.69, 9.17) is 9.47 Å². The van der Waals surface area contributed by atoms with Crippen molar-refractivity contribution in [3.63, 3.8) is 0 Å². The molecule has 346 valence electrons. The molecule has 0 amide bonds. The van der Waals surface area contributed by atoms with Crippen molar-refractivity contribution in [1.29, 1.82) is 0 Å². The van der Waals surface area contributed by atoms with Crippen LogP contribution in [0.2, 0.25) is 0 Å². The summed E-state index contributed by atoms with van der Waals surface area (Å²) in [6.07, 6.45) is 0. The minimum atomic E-state index is 0. The SMILES string of the molecule is [Li+].[Li+].[c-]1c2cccc1-c1ccc(cc1)CSCc1cc3cc(c1)OCc1ccccc1COc1cc(cc(c1)CSCc1ccc(cc1)-c1[c-]c(ccc1)-c1ccc(cc1)CSC3)CSCc1ccc-2cc1. The Morgan fingerprint density at radius 1 is 0.278 bits per heavy atom. The van der Waals surface area contributed by atoms with Crippen LogP contribution in [-0.2, 0) is 59.2 Å². The molecule has 9 aromatic carbocycles. The number of hydrogen-bond acceptors (Lipinski definition) is 6. The molecule has 0 aromatic heterocycles. The van der Waals surface area contributed by atoms with Crippen LogP contribution < -0.4 is 47.2 Å². The van der Waals surface area contributed by atoms with Gasteiger partial charge in [-0.2, -0.15) is 47.0 Å². The maximum Gasteiger partial charge on any atom is 1.00 e. The third-order valence-electron chi connectivity index (χ3n) is 12.8. The van der Waals surface area contributed by atoms with Gasteiger partial charge in [-0.1, -0.05) is 156 Å². The summed E-state index contributed by atoms with van der Waals surface area (Å²) in [5.74, 6) is 9.05. The minimum absolute atomic E-state index is 0. The van der Waals surface area contributed by atoms with Crippen molar-refractivity contribution in [2.75, 3.05) is 0 Å². The number of thioether (sulfide) groups is 4. The molecule has 0 atom stereocenters. The monoisotopic (exact) mass is 994 g/mol. The first-order valence-corrected chi connectivity index (χ1v) is 28.5. The summed E-state index contributed by atoms with van der Waals surface area (Å²) in [4.78, 5) is 0. The maximum absolute atomic E-state index is 6.73. The Morgan fingerprint density at radius 3 is 0.819 bits per heavy atom. The van der Waals surface area contributed by atoms with Crippen molar-refractivity contribution in [2.45, 2.75) is 59.2 Å². The average Bonchev–Trinajstić information content (AvgIpc) is 3.40. The van der Waals surface area contributed by atoms with Gasteiger partial charge in [-0.15, -0.1) is 70.8 Å². The molecule has 0 aliphatic carbocycles. The summed E-state index contributed by atoms with van der Waals surface area (Å²) in [6, 6.07) is 78.7. The molecular formula is C64H52Li2O2S4. The molecule has 0 saturated carbocycles. The van der Waals surface area contributed by atoms with Gasteiger partial charge < -0.3 is 9.47 Å². The summed E-state index contributed by atoms with van der Waals surface area (Å²) < 4.78 is 13.5. The fourth-order valence-corrected chi connectivity index (χ4v) is 12.7. The van der Waals surface area contributed by atoms with E-state index < -0.39 is 0 Å². The van der Waals surface area contributed by atoms with Gasteiger partial charge in [-0.05, 0) is 79.9 Å². The molecule has 0 radical (unpaired) electrons. The van der Waals surface area contributed by atoms with Gasteiger partial charge in [0.1, 0.15) is 24.7 Å². The van der Waals surface area contributed by atoms with E-state index in [0.29, 0.717) is 13.2 Å². The Labute approximate surface area is 467 Å². The van der Waals surface area contributed by atoms with E-state index >= 15 is 0 Å². The first-order valence-electron chi connectivity index (χ1n) is 23.9. The molecule has 0 N–H and O–H groups in total. The molecule has 9 aromatic rings. The molecule has 0 fully saturated rings. The van der Waals surface area contributed by atoms with E-state index in [2.05, 4.69) is 206 Å². The van der Waals surface area contributed by atoms with Crippen LogP contribution in [-0.4, -0.2) is 0 Å². The largest absolute Gasteiger partial charge is 1.00 e. The van der Waals surface area contributed by atoms with E-state index in [1.54, 1.807) is 0 Å². The first kappa shape index (κ1) is 52.1. The Bertz CT molecular complexity index is 2820. The average molecular weight is 995 g/mol. The molecule has 8 heteroatoms. The van der Waals surface area contributed by atoms with Crippen molar-refractivity contribution < 1.29 is 47.2 Å². The van der Waals surface area contributed by atoms with Gasteiger partial charge >= 0.3 is 37.7 Å². The summed E-state index contributed by atoms with van der Waals surface area (Å²) in [5.41, 5.74) is 21.8. The van der Waals surface area contributed by atoms with E-state index in [0.717, 1.165) is 90.9 Å². The molecule has 0 unspecified atom stereocenters. The number of benzene rings is 9. The van der Waals surface area contributed by atoms with Crippen molar-refractivity contribution in [1.82, 2.24) is 0 Å². The number of ether oxygens (including phenoxy) is 2. The van der Waals surface area contributed by atoms with Crippen LogP contribution in [0.5, 0.6) is 11.5 Å². The van der Waals surface area contributed by atoms with Crippen molar-refractivity contribution in [2.24, 2.45) is 0 Å². The third kappa shape index (κ3) is 13.7. The molecule has 18 bridgehead atoms. The van der Waals surface area contributed by atoms with Gasteiger partial charge in [0, 0.05) is 46.0 Å². The Hall–Kier alpha value is -4.83. The van der Waals surface area contributed by atoms with E-state index in [1.165, 1.54) is 66.8 Å². The summed E-state index contributed by atoms with van der Waals surface area (Å²) in [7, 11) is 0. The zero-order valence-electron chi connectivity index (χ0n) is 41.0. The van der Waals surface area contributed by atoms with Gasteiger partial charge in [0.05, 0.1) is 0 Å². The second-order valence-corrected chi connectivity index (χ2v) is 22.0. The summed E-state index contributed by atoms with van der Waals surface area (Å²) in [6.45, 7) is 0.922. The van der Waals surface area contributed by atoms with Crippen molar-refractivity contribution in [3.8, 4) is 56.0 Å². The van der Waals surface area contributed by atoms with E-state index in [9.17, 15) is 0 Å². The first-order chi connectivity index (χ1) is 34.6. The van der Waals surface area contributed by atoms with E-state index in [-0.39, 0.29) is 37.7 Å². The van der Waals surface area contributed by atoms with Crippen LogP contribution in [0.15, 0.2) is 194 Å². The van der Waals surface area contributed by atoms with Crippen molar-refractivity contribution in [3.05, 3.63) is 262 Å². The molecule has 2 nitrogen and oxygen atoms in total. The van der Waals surface area contributed by atoms with Crippen LogP contribution >= 0.6 is 47.0 Å². The van der Waals surface area contributed by atoms with Gasteiger partial charge in [0.15, 0.2) is 0 Å². The summed E-state index contributed by atoms with van der Waals surface area (Å²) in [5, 5.41) is 0. The molecule has 0 spiro atoms. The van der Waals surface area contributed by atoms with Gasteiger partial charge in [0.2, 0.25) is 0 Å². The molecule has 6 aliphatic heterocycles.